The number of amides is 1. The Bertz CT molecular complexity index is 1060. The Kier molecular flexibility index (Phi) is 4.27. The molecule has 0 N–H and O–H groups in total. The Hall–Kier alpha value is -3.28. The van der Waals surface area contributed by atoms with Crippen molar-refractivity contribution in [1.82, 2.24) is 14.9 Å². The van der Waals surface area contributed by atoms with E-state index < -0.39 is 5.82 Å². The van der Waals surface area contributed by atoms with Gasteiger partial charge in [-0.05, 0) is 42.3 Å². The third-order valence-electron chi connectivity index (χ3n) is 5.96. The quantitative estimate of drug-likeness (QED) is 0.690. The van der Waals surface area contributed by atoms with Crippen LogP contribution < -0.4 is 4.90 Å². The lowest BCUT2D eigenvalue weighted by atomic mass is 9.85. The highest BCUT2D eigenvalue weighted by molar-refractivity contribution is 5.94. The zero-order chi connectivity index (χ0) is 19.8. The van der Waals surface area contributed by atoms with Crippen LogP contribution in [0.5, 0.6) is 0 Å². The van der Waals surface area contributed by atoms with E-state index in [1.165, 1.54) is 6.07 Å². The van der Waals surface area contributed by atoms with Crippen molar-refractivity contribution < 1.29 is 9.18 Å². The van der Waals surface area contributed by atoms with Gasteiger partial charge in [0.25, 0.3) is 5.91 Å². The van der Waals surface area contributed by atoms with Gasteiger partial charge in [-0.25, -0.2) is 4.39 Å². The van der Waals surface area contributed by atoms with Gasteiger partial charge in [-0.3, -0.25) is 14.8 Å². The van der Waals surface area contributed by atoms with Crippen molar-refractivity contribution >= 4 is 11.6 Å². The number of aromatic nitrogens is 2. The molecule has 0 unspecified atom stereocenters. The maximum Gasteiger partial charge on any atom is 0.256 e. The summed E-state index contributed by atoms with van der Waals surface area (Å²) in [5.74, 6) is -0.718. The largest absolute Gasteiger partial charge is 0.365 e. The van der Waals surface area contributed by atoms with Gasteiger partial charge in [0.1, 0.15) is 5.82 Å². The van der Waals surface area contributed by atoms with Crippen molar-refractivity contribution in [3.05, 3.63) is 89.8 Å². The van der Waals surface area contributed by atoms with Gasteiger partial charge in [-0.2, -0.15) is 0 Å². The average Bonchev–Trinajstić information content (AvgIpc) is 3.31. The number of benzene rings is 1. The molecule has 1 spiro atoms. The van der Waals surface area contributed by atoms with Gasteiger partial charge in [-0.1, -0.05) is 18.2 Å². The number of hydrogen-bond acceptors (Lipinski definition) is 4. The minimum atomic E-state index is -0.471. The normalized spacial score (nSPS) is 20.3. The number of nitrogens with zero attached hydrogens (tertiary/aromatic N) is 4. The fraction of sp³-hybridized carbons (Fsp3) is 0.261. The van der Waals surface area contributed by atoms with Crippen LogP contribution in [0.1, 0.15) is 28.0 Å². The fourth-order valence-electron chi connectivity index (χ4n) is 4.61. The van der Waals surface area contributed by atoms with Crippen LogP contribution in [0.15, 0.2) is 67.1 Å². The monoisotopic (exact) mass is 388 g/mol. The molecule has 0 aliphatic carbocycles. The van der Waals surface area contributed by atoms with Gasteiger partial charge in [0.2, 0.25) is 0 Å². The molecule has 5 nitrogen and oxygen atoms in total. The molecule has 2 aliphatic rings. The highest BCUT2D eigenvalue weighted by atomic mass is 19.1. The van der Waals surface area contributed by atoms with E-state index in [2.05, 4.69) is 22.0 Å². The van der Waals surface area contributed by atoms with Crippen LogP contribution in [0.3, 0.4) is 0 Å². The van der Waals surface area contributed by atoms with Crippen molar-refractivity contribution in [1.29, 1.82) is 0 Å². The summed E-state index contributed by atoms with van der Waals surface area (Å²) in [6, 6.07) is 14.2. The molecular weight excluding hydrogens is 367 g/mol. The standard InChI is InChI=1S/C23H21FN4O/c24-19-7-2-1-6-18(19)22(29)27-12-9-23(15-27)16-28(14-17-5-3-10-25-13-17)20-8-4-11-26-21(20)23/h1-8,10-11,13H,9,12,14-16H2/t23-/m1/s1. The van der Waals surface area contributed by atoms with Crippen molar-refractivity contribution in [2.24, 2.45) is 0 Å². The van der Waals surface area contributed by atoms with Gasteiger partial charge < -0.3 is 9.80 Å². The Morgan fingerprint density at radius 1 is 1.07 bits per heavy atom. The third kappa shape index (κ3) is 3.05. The van der Waals surface area contributed by atoms with E-state index in [0.717, 1.165) is 36.5 Å². The minimum absolute atomic E-state index is 0.135. The van der Waals surface area contributed by atoms with Gasteiger partial charge in [0.05, 0.1) is 22.4 Å². The van der Waals surface area contributed by atoms with E-state index in [1.807, 2.05) is 24.5 Å². The molecule has 1 atom stereocenters. The SMILES string of the molecule is O=C(c1ccccc1F)N1CC[C@@]2(C1)CN(Cc1cccnc1)c1cccnc12. The summed E-state index contributed by atoms with van der Waals surface area (Å²) in [6.07, 6.45) is 6.29. The second kappa shape index (κ2) is 6.95. The van der Waals surface area contributed by atoms with Crippen LogP contribution in [0.4, 0.5) is 10.1 Å². The molecule has 0 bridgehead atoms. The highest BCUT2D eigenvalue weighted by Crippen LogP contribution is 2.45. The molecule has 0 saturated carbocycles. The highest BCUT2D eigenvalue weighted by Gasteiger charge is 2.49. The summed E-state index contributed by atoms with van der Waals surface area (Å²) in [6.45, 7) is 2.68. The molecular formula is C23H21FN4O. The van der Waals surface area contributed by atoms with E-state index >= 15 is 0 Å². The van der Waals surface area contributed by atoms with Gasteiger partial charge in [-0.15, -0.1) is 0 Å². The number of pyridine rings is 2. The minimum Gasteiger partial charge on any atom is -0.365 e. The predicted molar refractivity (Wildman–Crippen MR) is 108 cm³/mol. The van der Waals surface area contributed by atoms with E-state index in [9.17, 15) is 9.18 Å². The van der Waals surface area contributed by atoms with E-state index in [1.54, 1.807) is 29.3 Å². The molecule has 1 saturated heterocycles. The number of carbonyl (C=O) groups excluding carboxylic acids is 1. The number of halogens is 1. The molecule has 3 aromatic rings. The Balaban J connectivity index is 1.42. The van der Waals surface area contributed by atoms with Crippen LogP contribution in [0.2, 0.25) is 0 Å². The number of rotatable bonds is 3. The van der Waals surface area contributed by atoms with Crippen LogP contribution in [0, 0.1) is 5.82 Å². The number of fused-ring (bicyclic) bond motifs is 2. The molecule has 2 aromatic heterocycles. The van der Waals surface area contributed by atoms with Crippen molar-refractivity contribution in [3.8, 4) is 0 Å². The van der Waals surface area contributed by atoms with Gasteiger partial charge in [0.15, 0.2) is 0 Å². The van der Waals surface area contributed by atoms with Crippen LogP contribution in [-0.4, -0.2) is 40.4 Å². The zero-order valence-electron chi connectivity index (χ0n) is 16.0. The Morgan fingerprint density at radius 2 is 1.93 bits per heavy atom. The van der Waals surface area contributed by atoms with E-state index in [0.29, 0.717) is 13.1 Å². The maximum atomic E-state index is 14.1. The topological polar surface area (TPSA) is 49.3 Å². The first-order valence-electron chi connectivity index (χ1n) is 9.79. The maximum absolute atomic E-state index is 14.1. The van der Waals surface area contributed by atoms with Crippen molar-refractivity contribution in [2.75, 3.05) is 24.5 Å². The van der Waals surface area contributed by atoms with Crippen LogP contribution in [0.25, 0.3) is 0 Å². The first-order chi connectivity index (χ1) is 14.2. The number of likely N-dealkylation sites (tertiary alicyclic amines) is 1. The van der Waals surface area contributed by atoms with Crippen LogP contribution in [-0.2, 0) is 12.0 Å². The molecule has 5 rings (SSSR count). The molecule has 29 heavy (non-hydrogen) atoms. The smallest absolute Gasteiger partial charge is 0.256 e. The third-order valence-corrected chi connectivity index (χ3v) is 5.96. The average molecular weight is 388 g/mol. The summed E-state index contributed by atoms with van der Waals surface area (Å²) in [5, 5.41) is 0. The fourth-order valence-corrected chi connectivity index (χ4v) is 4.61. The molecule has 6 heteroatoms. The lowest BCUT2D eigenvalue weighted by Crippen LogP contribution is -2.38. The molecule has 0 radical (unpaired) electrons. The first kappa shape index (κ1) is 17.8. The number of anilines is 1. The predicted octanol–water partition coefficient (Wildman–Crippen LogP) is 3.42. The summed E-state index contributed by atoms with van der Waals surface area (Å²) in [4.78, 5) is 25.9. The second-order valence-electron chi connectivity index (χ2n) is 7.83. The van der Waals surface area contributed by atoms with Crippen LogP contribution >= 0.6 is 0 Å². The van der Waals surface area contributed by atoms with Crippen molar-refractivity contribution in [3.63, 3.8) is 0 Å². The summed E-state index contributed by atoms with van der Waals surface area (Å²) in [5.41, 5.74) is 3.19. The van der Waals surface area contributed by atoms with E-state index in [-0.39, 0.29) is 16.9 Å². The summed E-state index contributed by atoms with van der Waals surface area (Å²) >= 11 is 0. The molecule has 2 aliphatic heterocycles. The second-order valence-corrected chi connectivity index (χ2v) is 7.83. The lowest BCUT2D eigenvalue weighted by molar-refractivity contribution is 0.0779. The Labute approximate surface area is 168 Å². The lowest BCUT2D eigenvalue weighted by Gasteiger charge is -2.26. The molecule has 4 heterocycles. The zero-order valence-corrected chi connectivity index (χ0v) is 16.0. The number of hydrogen-bond donors (Lipinski definition) is 0. The van der Waals surface area contributed by atoms with E-state index in [4.69, 9.17) is 4.98 Å². The molecule has 146 valence electrons. The molecule has 1 fully saturated rings. The van der Waals surface area contributed by atoms with Crippen molar-refractivity contribution in [2.45, 2.75) is 18.4 Å². The number of carbonyl (C=O) groups is 1. The molecule has 1 aromatic carbocycles. The van der Waals surface area contributed by atoms with Gasteiger partial charge in [0, 0.05) is 44.8 Å². The molecule has 1 amide bonds. The Morgan fingerprint density at radius 3 is 2.76 bits per heavy atom. The summed E-state index contributed by atoms with van der Waals surface area (Å²) in [7, 11) is 0. The van der Waals surface area contributed by atoms with Gasteiger partial charge >= 0.3 is 0 Å². The first-order valence-corrected chi connectivity index (χ1v) is 9.79. The summed E-state index contributed by atoms with van der Waals surface area (Å²) < 4.78 is 14.1.